The second-order valence-corrected chi connectivity index (χ2v) is 3.84. The van der Waals surface area contributed by atoms with Crippen molar-refractivity contribution in [3.05, 3.63) is 71.3 Å². The number of nitrogens with two attached hydrogens (primary N) is 1. The molecule has 0 atom stereocenters. The monoisotopic (exact) mass is 238 g/mol. The molecule has 0 aromatic heterocycles. The van der Waals surface area contributed by atoms with E-state index in [1.54, 1.807) is 12.1 Å². The molecule has 0 saturated heterocycles. The van der Waals surface area contributed by atoms with Crippen LogP contribution in [0.5, 0.6) is 0 Å². The van der Waals surface area contributed by atoms with Crippen molar-refractivity contribution in [2.45, 2.75) is 0 Å². The first-order valence-corrected chi connectivity index (χ1v) is 5.64. The van der Waals surface area contributed by atoms with Crippen LogP contribution in [-0.4, -0.2) is 5.91 Å². The SMILES string of the molecule is NNC(=O)c1ccc(/C=C/c2ccccc2)cc1. The van der Waals surface area contributed by atoms with E-state index in [0.29, 0.717) is 5.56 Å². The van der Waals surface area contributed by atoms with Crippen molar-refractivity contribution in [3.8, 4) is 0 Å². The van der Waals surface area contributed by atoms with E-state index >= 15 is 0 Å². The summed E-state index contributed by atoms with van der Waals surface area (Å²) in [6.07, 6.45) is 4.03. The van der Waals surface area contributed by atoms with Gasteiger partial charge >= 0.3 is 0 Å². The number of hydrogen-bond donors (Lipinski definition) is 2. The maximum absolute atomic E-state index is 11.2. The molecule has 18 heavy (non-hydrogen) atoms. The van der Waals surface area contributed by atoms with E-state index in [9.17, 15) is 4.79 Å². The molecule has 0 aliphatic carbocycles. The molecule has 3 heteroatoms. The summed E-state index contributed by atoms with van der Waals surface area (Å²) in [5.74, 6) is 4.78. The van der Waals surface area contributed by atoms with Crippen molar-refractivity contribution in [2.75, 3.05) is 0 Å². The second-order valence-electron chi connectivity index (χ2n) is 3.84. The van der Waals surface area contributed by atoms with Gasteiger partial charge in [0.05, 0.1) is 0 Å². The molecule has 2 aromatic rings. The summed E-state index contributed by atoms with van der Waals surface area (Å²) < 4.78 is 0. The van der Waals surface area contributed by atoms with Crippen LogP contribution in [0.1, 0.15) is 21.5 Å². The minimum absolute atomic E-state index is 0.284. The number of hydrazine groups is 1. The van der Waals surface area contributed by atoms with Crippen LogP contribution in [0.25, 0.3) is 12.2 Å². The molecule has 0 heterocycles. The third kappa shape index (κ3) is 3.06. The molecule has 0 aliphatic rings. The molecule has 0 radical (unpaired) electrons. The average molecular weight is 238 g/mol. The van der Waals surface area contributed by atoms with Gasteiger partial charge in [-0.15, -0.1) is 0 Å². The summed E-state index contributed by atoms with van der Waals surface area (Å²) in [5.41, 5.74) is 4.83. The highest BCUT2D eigenvalue weighted by Gasteiger charge is 2.00. The largest absolute Gasteiger partial charge is 0.290 e. The van der Waals surface area contributed by atoms with E-state index in [-0.39, 0.29) is 5.91 Å². The summed E-state index contributed by atoms with van der Waals surface area (Å²) in [6.45, 7) is 0. The number of hydrogen-bond acceptors (Lipinski definition) is 2. The summed E-state index contributed by atoms with van der Waals surface area (Å²) in [6, 6.07) is 17.3. The molecule has 0 fully saturated rings. The Bertz CT molecular complexity index is 544. The zero-order valence-corrected chi connectivity index (χ0v) is 9.84. The third-order valence-electron chi connectivity index (χ3n) is 2.57. The molecule has 3 nitrogen and oxygen atoms in total. The van der Waals surface area contributed by atoms with Crippen LogP contribution < -0.4 is 11.3 Å². The van der Waals surface area contributed by atoms with Gasteiger partial charge in [-0.05, 0) is 23.3 Å². The minimum atomic E-state index is -0.284. The van der Waals surface area contributed by atoms with Gasteiger partial charge in [-0.2, -0.15) is 0 Å². The van der Waals surface area contributed by atoms with Crippen molar-refractivity contribution in [2.24, 2.45) is 5.84 Å². The lowest BCUT2D eigenvalue weighted by molar-refractivity contribution is 0.0953. The fourth-order valence-electron chi connectivity index (χ4n) is 1.59. The van der Waals surface area contributed by atoms with Crippen LogP contribution in [0.2, 0.25) is 0 Å². The van der Waals surface area contributed by atoms with Crippen LogP contribution in [0, 0.1) is 0 Å². The standard InChI is InChI=1S/C15H14N2O/c16-17-15(18)14-10-8-13(9-11-14)7-6-12-4-2-1-3-5-12/h1-11H,16H2,(H,17,18)/b7-6+. The molecule has 2 rings (SSSR count). The van der Waals surface area contributed by atoms with Crippen LogP contribution in [0.15, 0.2) is 54.6 Å². The van der Waals surface area contributed by atoms with Crippen LogP contribution in [0.4, 0.5) is 0 Å². The quantitative estimate of drug-likeness (QED) is 0.373. The Balaban J connectivity index is 2.11. The van der Waals surface area contributed by atoms with E-state index in [1.165, 1.54) is 0 Å². The molecular formula is C15H14N2O. The second kappa shape index (κ2) is 5.80. The molecule has 90 valence electrons. The predicted octanol–water partition coefficient (Wildman–Crippen LogP) is 2.46. The normalized spacial score (nSPS) is 10.5. The number of nitrogen functional groups attached to an aromatic ring is 1. The van der Waals surface area contributed by atoms with Gasteiger partial charge in [-0.1, -0.05) is 54.6 Å². The third-order valence-corrected chi connectivity index (χ3v) is 2.57. The molecular weight excluding hydrogens is 224 g/mol. The Kier molecular flexibility index (Phi) is 3.89. The van der Waals surface area contributed by atoms with Gasteiger partial charge in [0.2, 0.25) is 0 Å². The Morgan fingerprint density at radius 3 is 2.00 bits per heavy atom. The van der Waals surface area contributed by atoms with Gasteiger partial charge in [0.25, 0.3) is 5.91 Å². The van der Waals surface area contributed by atoms with Gasteiger partial charge in [-0.3, -0.25) is 10.2 Å². The van der Waals surface area contributed by atoms with Gasteiger partial charge in [-0.25, -0.2) is 5.84 Å². The maximum atomic E-state index is 11.2. The molecule has 0 saturated carbocycles. The van der Waals surface area contributed by atoms with Crippen molar-refractivity contribution in [1.82, 2.24) is 5.43 Å². The Hall–Kier alpha value is -2.39. The highest BCUT2D eigenvalue weighted by Crippen LogP contribution is 2.09. The molecule has 0 spiro atoms. The smallest absolute Gasteiger partial charge is 0.265 e. The first-order chi connectivity index (χ1) is 8.79. The lowest BCUT2D eigenvalue weighted by Crippen LogP contribution is -2.29. The van der Waals surface area contributed by atoms with E-state index in [4.69, 9.17) is 5.84 Å². The molecule has 0 unspecified atom stereocenters. The number of amides is 1. The zero-order valence-electron chi connectivity index (χ0n) is 9.84. The van der Waals surface area contributed by atoms with Crippen LogP contribution >= 0.6 is 0 Å². The molecule has 0 bridgehead atoms. The number of carbonyl (C=O) groups is 1. The fraction of sp³-hybridized carbons (Fsp3) is 0. The fourth-order valence-corrected chi connectivity index (χ4v) is 1.59. The molecule has 1 amide bonds. The lowest BCUT2D eigenvalue weighted by Gasteiger charge is -1.99. The van der Waals surface area contributed by atoms with Crippen molar-refractivity contribution in [3.63, 3.8) is 0 Å². The molecule has 3 N–H and O–H groups in total. The topological polar surface area (TPSA) is 55.1 Å². The number of nitrogens with one attached hydrogen (secondary N) is 1. The summed E-state index contributed by atoms with van der Waals surface area (Å²) in [5, 5.41) is 0. The zero-order chi connectivity index (χ0) is 12.8. The first kappa shape index (κ1) is 12.1. The van der Waals surface area contributed by atoms with E-state index in [1.807, 2.05) is 54.6 Å². The molecule has 2 aromatic carbocycles. The van der Waals surface area contributed by atoms with E-state index < -0.39 is 0 Å². The highest BCUT2D eigenvalue weighted by atomic mass is 16.2. The minimum Gasteiger partial charge on any atom is -0.290 e. The van der Waals surface area contributed by atoms with Crippen molar-refractivity contribution >= 4 is 18.1 Å². The lowest BCUT2D eigenvalue weighted by atomic mass is 10.1. The summed E-state index contributed by atoms with van der Waals surface area (Å²) >= 11 is 0. The summed E-state index contributed by atoms with van der Waals surface area (Å²) in [4.78, 5) is 11.2. The average Bonchev–Trinajstić information content (AvgIpc) is 2.46. The predicted molar refractivity (Wildman–Crippen MR) is 73.5 cm³/mol. The van der Waals surface area contributed by atoms with Crippen molar-refractivity contribution in [1.29, 1.82) is 0 Å². The van der Waals surface area contributed by atoms with Crippen LogP contribution in [-0.2, 0) is 0 Å². The Morgan fingerprint density at radius 2 is 1.44 bits per heavy atom. The van der Waals surface area contributed by atoms with Gasteiger partial charge in [0.15, 0.2) is 0 Å². The first-order valence-electron chi connectivity index (χ1n) is 5.64. The van der Waals surface area contributed by atoms with Crippen molar-refractivity contribution < 1.29 is 4.79 Å². The Morgan fingerprint density at radius 1 is 0.889 bits per heavy atom. The maximum Gasteiger partial charge on any atom is 0.265 e. The van der Waals surface area contributed by atoms with Crippen LogP contribution in [0.3, 0.4) is 0 Å². The van der Waals surface area contributed by atoms with E-state index in [2.05, 4.69) is 5.43 Å². The number of rotatable bonds is 3. The van der Waals surface area contributed by atoms with Gasteiger partial charge in [0, 0.05) is 5.56 Å². The number of carbonyl (C=O) groups excluding carboxylic acids is 1. The van der Waals surface area contributed by atoms with Gasteiger partial charge < -0.3 is 0 Å². The van der Waals surface area contributed by atoms with Gasteiger partial charge in [0.1, 0.15) is 0 Å². The Labute approximate surface area is 106 Å². The summed E-state index contributed by atoms with van der Waals surface area (Å²) in [7, 11) is 0. The molecule has 0 aliphatic heterocycles. The van der Waals surface area contributed by atoms with E-state index in [0.717, 1.165) is 11.1 Å². The highest BCUT2D eigenvalue weighted by molar-refractivity contribution is 5.94. The number of benzene rings is 2.